The van der Waals surface area contributed by atoms with Crippen molar-refractivity contribution < 1.29 is 0 Å². The lowest BCUT2D eigenvalue weighted by Gasteiger charge is -2.11. The fourth-order valence-corrected chi connectivity index (χ4v) is 4.44. The molecule has 4 saturated carbocycles. The van der Waals surface area contributed by atoms with E-state index < -0.39 is 0 Å². The molecule has 0 radical (unpaired) electrons. The van der Waals surface area contributed by atoms with Crippen molar-refractivity contribution in [2.45, 2.75) is 32.1 Å². The molecule has 4 rings (SSSR count). The van der Waals surface area contributed by atoms with Gasteiger partial charge in [0.05, 0.1) is 0 Å². The average molecular weight is 134 g/mol. The van der Waals surface area contributed by atoms with Crippen LogP contribution in [-0.4, -0.2) is 0 Å². The molecule has 4 fully saturated rings. The van der Waals surface area contributed by atoms with Gasteiger partial charge in [-0.1, -0.05) is 12.8 Å². The summed E-state index contributed by atoms with van der Waals surface area (Å²) >= 11 is 0. The van der Waals surface area contributed by atoms with Crippen molar-refractivity contribution in [1.29, 1.82) is 0 Å². The standard InChI is InChI=1S/C10H14/c1-2-6-4-10-5-8(10)9(10)7(6)3-1/h6-9H,1-5H2/t6?,7-,8-,9+,10+/m1/s1. The van der Waals surface area contributed by atoms with Crippen LogP contribution in [0.15, 0.2) is 0 Å². The quantitative estimate of drug-likeness (QED) is 0.477. The summed E-state index contributed by atoms with van der Waals surface area (Å²) in [5, 5.41) is 0. The van der Waals surface area contributed by atoms with E-state index in [0.717, 1.165) is 5.41 Å². The third-order valence-corrected chi connectivity index (χ3v) is 4.99. The summed E-state index contributed by atoms with van der Waals surface area (Å²) in [6.07, 6.45) is 8.06. The molecule has 0 N–H and O–H groups in total. The average Bonchev–Trinajstić information content (AvgIpc) is 2.58. The normalized spacial score (nSPS) is 74.4. The second kappa shape index (κ2) is 1.09. The van der Waals surface area contributed by atoms with E-state index in [1.165, 1.54) is 23.7 Å². The van der Waals surface area contributed by atoms with Gasteiger partial charge >= 0.3 is 0 Å². The van der Waals surface area contributed by atoms with E-state index in [4.69, 9.17) is 0 Å². The Kier molecular flexibility index (Phi) is 0.522. The number of hydrogen-bond donors (Lipinski definition) is 0. The van der Waals surface area contributed by atoms with Gasteiger partial charge in [-0.25, -0.2) is 0 Å². The summed E-state index contributed by atoms with van der Waals surface area (Å²) < 4.78 is 0. The Morgan fingerprint density at radius 3 is 3.00 bits per heavy atom. The van der Waals surface area contributed by atoms with Crippen molar-refractivity contribution in [3.63, 3.8) is 0 Å². The highest BCUT2D eigenvalue weighted by Crippen LogP contribution is 2.90. The Bertz CT molecular complexity index is 206. The van der Waals surface area contributed by atoms with Crippen LogP contribution in [-0.2, 0) is 0 Å². The van der Waals surface area contributed by atoms with Crippen molar-refractivity contribution in [1.82, 2.24) is 0 Å². The van der Waals surface area contributed by atoms with Crippen molar-refractivity contribution in [3.8, 4) is 0 Å². The van der Waals surface area contributed by atoms with Gasteiger partial charge in [-0.05, 0) is 48.3 Å². The monoisotopic (exact) mass is 134 g/mol. The van der Waals surface area contributed by atoms with Crippen molar-refractivity contribution in [2.75, 3.05) is 0 Å². The van der Waals surface area contributed by atoms with Crippen LogP contribution in [0.4, 0.5) is 0 Å². The molecule has 1 spiro atoms. The number of hydrogen-bond acceptors (Lipinski definition) is 0. The molecule has 5 atom stereocenters. The fourth-order valence-electron chi connectivity index (χ4n) is 4.44. The highest BCUT2D eigenvalue weighted by molar-refractivity contribution is 5.31. The Labute approximate surface area is 62.0 Å². The van der Waals surface area contributed by atoms with Gasteiger partial charge in [0.2, 0.25) is 0 Å². The molecule has 4 aliphatic rings. The Hall–Kier alpha value is 0. The minimum absolute atomic E-state index is 1.02. The Balaban J connectivity index is 1.77. The molecule has 54 valence electrons. The van der Waals surface area contributed by atoms with Gasteiger partial charge in [0.1, 0.15) is 0 Å². The van der Waals surface area contributed by atoms with Crippen LogP contribution >= 0.6 is 0 Å². The second-order valence-electron chi connectivity index (χ2n) is 5.13. The number of rotatable bonds is 0. The lowest BCUT2D eigenvalue weighted by Crippen LogP contribution is -2.05. The predicted octanol–water partition coefficient (Wildman–Crippen LogP) is 2.44. The second-order valence-corrected chi connectivity index (χ2v) is 5.13. The summed E-state index contributed by atoms with van der Waals surface area (Å²) in [5.41, 5.74) is 1.02. The van der Waals surface area contributed by atoms with Crippen LogP contribution in [0, 0.1) is 29.1 Å². The lowest BCUT2D eigenvalue weighted by atomic mass is 9.94. The lowest BCUT2D eigenvalue weighted by molar-refractivity contribution is 0.370. The zero-order valence-corrected chi connectivity index (χ0v) is 6.34. The molecular formula is C10H14. The summed E-state index contributed by atoms with van der Waals surface area (Å²) in [6, 6.07) is 0. The topological polar surface area (TPSA) is 0 Å². The van der Waals surface area contributed by atoms with Crippen molar-refractivity contribution in [2.24, 2.45) is 29.1 Å². The van der Waals surface area contributed by atoms with Crippen LogP contribution < -0.4 is 0 Å². The molecule has 0 aromatic rings. The first kappa shape index (κ1) is 4.79. The van der Waals surface area contributed by atoms with Gasteiger partial charge in [-0.15, -0.1) is 0 Å². The molecule has 0 bridgehead atoms. The minimum Gasteiger partial charge on any atom is -0.0527 e. The van der Waals surface area contributed by atoms with Crippen LogP contribution in [0.5, 0.6) is 0 Å². The first-order valence-corrected chi connectivity index (χ1v) is 4.92. The first-order valence-electron chi connectivity index (χ1n) is 4.92. The van der Waals surface area contributed by atoms with Crippen LogP contribution in [0.1, 0.15) is 32.1 Å². The van der Waals surface area contributed by atoms with E-state index in [1.807, 2.05) is 0 Å². The molecule has 0 saturated heterocycles. The largest absolute Gasteiger partial charge is 0.0527 e. The molecular weight excluding hydrogens is 120 g/mol. The molecule has 0 aliphatic heterocycles. The minimum atomic E-state index is 1.02. The SMILES string of the molecule is C1CC2C[C@]34C[C@@H]3[C@@H]4[C@@H]2C1. The molecule has 0 aromatic heterocycles. The third kappa shape index (κ3) is 0.302. The molecule has 0 heteroatoms. The molecule has 0 heterocycles. The van der Waals surface area contributed by atoms with Gasteiger partial charge in [0, 0.05) is 0 Å². The maximum atomic E-state index is 1.66. The Morgan fingerprint density at radius 2 is 2.10 bits per heavy atom. The highest BCUT2D eigenvalue weighted by Gasteiger charge is 2.83. The summed E-state index contributed by atoms with van der Waals surface area (Å²) in [5.74, 6) is 4.99. The summed E-state index contributed by atoms with van der Waals surface area (Å²) in [4.78, 5) is 0. The predicted molar refractivity (Wildman–Crippen MR) is 39.5 cm³/mol. The zero-order chi connectivity index (χ0) is 6.34. The van der Waals surface area contributed by atoms with E-state index >= 15 is 0 Å². The van der Waals surface area contributed by atoms with Gasteiger partial charge in [0.25, 0.3) is 0 Å². The first-order chi connectivity index (χ1) is 4.92. The van der Waals surface area contributed by atoms with Crippen LogP contribution in [0.2, 0.25) is 0 Å². The van der Waals surface area contributed by atoms with Gasteiger partial charge in [0.15, 0.2) is 0 Å². The van der Waals surface area contributed by atoms with Crippen LogP contribution in [0.3, 0.4) is 0 Å². The van der Waals surface area contributed by atoms with Gasteiger partial charge in [-0.2, -0.15) is 0 Å². The molecule has 0 nitrogen and oxygen atoms in total. The molecule has 1 unspecified atom stereocenters. The number of fused-ring (bicyclic) bond motifs is 3. The molecule has 10 heavy (non-hydrogen) atoms. The van der Waals surface area contributed by atoms with Gasteiger partial charge in [-0.3, -0.25) is 0 Å². The molecule has 4 aliphatic carbocycles. The van der Waals surface area contributed by atoms with E-state index in [9.17, 15) is 0 Å². The van der Waals surface area contributed by atoms with Crippen molar-refractivity contribution in [3.05, 3.63) is 0 Å². The summed E-state index contributed by atoms with van der Waals surface area (Å²) in [6.45, 7) is 0. The molecule has 0 amide bonds. The van der Waals surface area contributed by atoms with E-state index in [2.05, 4.69) is 0 Å². The van der Waals surface area contributed by atoms with Crippen LogP contribution in [0.25, 0.3) is 0 Å². The van der Waals surface area contributed by atoms with E-state index in [1.54, 1.807) is 32.1 Å². The molecule has 0 aromatic carbocycles. The highest BCUT2D eigenvalue weighted by atomic mass is 14.9. The van der Waals surface area contributed by atoms with Crippen molar-refractivity contribution >= 4 is 0 Å². The fraction of sp³-hybridized carbons (Fsp3) is 1.00. The Morgan fingerprint density at radius 1 is 1.10 bits per heavy atom. The summed E-state index contributed by atoms with van der Waals surface area (Å²) in [7, 11) is 0. The zero-order valence-electron chi connectivity index (χ0n) is 6.34. The maximum absolute atomic E-state index is 1.66. The smallest absolute Gasteiger partial charge is 0.0226 e. The van der Waals surface area contributed by atoms with Gasteiger partial charge < -0.3 is 0 Å². The third-order valence-electron chi connectivity index (χ3n) is 4.99. The van der Waals surface area contributed by atoms with E-state index in [0.29, 0.717) is 0 Å². The van der Waals surface area contributed by atoms with E-state index in [-0.39, 0.29) is 0 Å². The maximum Gasteiger partial charge on any atom is -0.0226 e.